The number of aryl methyl sites for hydroxylation is 2. The number of anilines is 2. The standard InChI is InChI=1S/C21H27N3O/c1-3-24-14-4-5-18-15-17(8-11-20(18)24)12-13-22-21(25)23-19-9-6-16(2)7-10-19/h6-11,15H,3-5,12-14H2,1-2H3,(H2,22,23,25). The molecule has 25 heavy (non-hydrogen) atoms. The molecule has 0 aliphatic carbocycles. The van der Waals surface area contributed by atoms with Crippen molar-refractivity contribution in [3.8, 4) is 0 Å². The summed E-state index contributed by atoms with van der Waals surface area (Å²) >= 11 is 0. The van der Waals surface area contributed by atoms with Crippen molar-refractivity contribution in [1.82, 2.24) is 5.32 Å². The Balaban J connectivity index is 1.50. The molecule has 1 aliphatic rings. The highest BCUT2D eigenvalue weighted by Crippen LogP contribution is 2.27. The number of fused-ring (bicyclic) bond motifs is 1. The quantitative estimate of drug-likeness (QED) is 0.861. The van der Waals surface area contributed by atoms with E-state index in [9.17, 15) is 4.79 Å². The van der Waals surface area contributed by atoms with E-state index in [0.29, 0.717) is 6.54 Å². The molecule has 132 valence electrons. The summed E-state index contributed by atoms with van der Waals surface area (Å²) in [7, 11) is 0. The fourth-order valence-electron chi connectivity index (χ4n) is 3.34. The molecule has 0 saturated carbocycles. The van der Waals surface area contributed by atoms with Gasteiger partial charge in [0.05, 0.1) is 0 Å². The molecule has 0 radical (unpaired) electrons. The second-order valence-corrected chi connectivity index (χ2v) is 6.64. The van der Waals surface area contributed by atoms with Crippen LogP contribution in [-0.2, 0) is 12.8 Å². The molecule has 4 nitrogen and oxygen atoms in total. The maximum absolute atomic E-state index is 12.0. The third-order valence-electron chi connectivity index (χ3n) is 4.75. The first-order valence-electron chi connectivity index (χ1n) is 9.14. The van der Waals surface area contributed by atoms with E-state index < -0.39 is 0 Å². The Morgan fingerprint density at radius 2 is 1.96 bits per heavy atom. The van der Waals surface area contributed by atoms with Crippen LogP contribution in [0.15, 0.2) is 42.5 Å². The zero-order valence-electron chi connectivity index (χ0n) is 15.1. The van der Waals surface area contributed by atoms with E-state index in [1.165, 1.54) is 28.8 Å². The van der Waals surface area contributed by atoms with Gasteiger partial charge in [-0.3, -0.25) is 0 Å². The molecule has 0 unspecified atom stereocenters. The Morgan fingerprint density at radius 1 is 1.16 bits per heavy atom. The van der Waals surface area contributed by atoms with Crippen LogP contribution in [0, 0.1) is 6.92 Å². The summed E-state index contributed by atoms with van der Waals surface area (Å²) in [4.78, 5) is 14.4. The predicted octanol–water partition coefficient (Wildman–Crippen LogP) is 4.13. The Labute approximate surface area is 150 Å². The number of nitrogens with one attached hydrogen (secondary N) is 2. The van der Waals surface area contributed by atoms with Crippen molar-refractivity contribution < 1.29 is 4.79 Å². The van der Waals surface area contributed by atoms with E-state index in [2.05, 4.69) is 40.7 Å². The van der Waals surface area contributed by atoms with Crippen LogP contribution in [0.1, 0.15) is 30.0 Å². The van der Waals surface area contributed by atoms with Gasteiger partial charge in [-0.05, 0) is 62.4 Å². The Kier molecular flexibility index (Phi) is 5.59. The number of hydrogen-bond acceptors (Lipinski definition) is 2. The van der Waals surface area contributed by atoms with E-state index in [-0.39, 0.29) is 6.03 Å². The average Bonchev–Trinajstić information content (AvgIpc) is 2.63. The van der Waals surface area contributed by atoms with Crippen LogP contribution in [0.3, 0.4) is 0 Å². The highest BCUT2D eigenvalue weighted by Gasteiger charge is 2.15. The van der Waals surface area contributed by atoms with Crippen molar-refractivity contribution in [2.75, 3.05) is 29.9 Å². The first kappa shape index (κ1) is 17.3. The van der Waals surface area contributed by atoms with Crippen LogP contribution >= 0.6 is 0 Å². The van der Waals surface area contributed by atoms with Gasteiger partial charge in [0.1, 0.15) is 0 Å². The second-order valence-electron chi connectivity index (χ2n) is 6.64. The van der Waals surface area contributed by atoms with E-state index >= 15 is 0 Å². The Bertz CT molecular complexity index is 724. The first-order valence-corrected chi connectivity index (χ1v) is 9.14. The molecule has 2 amide bonds. The molecule has 3 rings (SSSR count). The van der Waals surface area contributed by atoms with Crippen LogP contribution in [0.5, 0.6) is 0 Å². The smallest absolute Gasteiger partial charge is 0.319 e. The minimum absolute atomic E-state index is 0.154. The van der Waals surface area contributed by atoms with Gasteiger partial charge >= 0.3 is 6.03 Å². The van der Waals surface area contributed by atoms with Crippen LogP contribution < -0.4 is 15.5 Å². The average molecular weight is 337 g/mol. The van der Waals surface area contributed by atoms with Gasteiger partial charge in [0.2, 0.25) is 0 Å². The highest BCUT2D eigenvalue weighted by atomic mass is 16.2. The van der Waals surface area contributed by atoms with E-state index in [4.69, 9.17) is 0 Å². The topological polar surface area (TPSA) is 44.4 Å². The monoisotopic (exact) mass is 337 g/mol. The molecule has 0 atom stereocenters. The zero-order chi connectivity index (χ0) is 17.6. The summed E-state index contributed by atoms with van der Waals surface area (Å²) in [5, 5.41) is 5.80. The van der Waals surface area contributed by atoms with Gasteiger partial charge in [-0.15, -0.1) is 0 Å². The molecule has 2 aromatic carbocycles. The van der Waals surface area contributed by atoms with Gasteiger partial charge in [-0.25, -0.2) is 4.79 Å². The number of benzene rings is 2. The van der Waals surface area contributed by atoms with E-state index in [1.807, 2.05) is 31.2 Å². The fraction of sp³-hybridized carbons (Fsp3) is 0.381. The lowest BCUT2D eigenvalue weighted by molar-refractivity contribution is 0.252. The van der Waals surface area contributed by atoms with Gasteiger partial charge in [-0.1, -0.05) is 29.8 Å². The first-order chi connectivity index (χ1) is 12.2. The molecule has 0 aromatic heterocycles. The van der Waals surface area contributed by atoms with Crippen molar-refractivity contribution in [3.05, 3.63) is 59.2 Å². The third-order valence-corrected chi connectivity index (χ3v) is 4.75. The summed E-state index contributed by atoms with van der Waals surface area (Å²) < 4.78 is 0. The molecule has 1 heterocycles. The maximum Gasteiger partial charge on any atom is 0.319 e. The highest BCUT2D eigenvalue weighted by molar-refractivity contribution is 5.89. The third kappa shape index (κ3) is 4.53. The van der Waals surface area contributed by atoms with Gasteiger partial charge in [-0.2, -0.15) is 0 Å². The number of hydrogen-bond donors (Lipinski definition) is 2. The van der Waals surface area contributed by atoms with Crippen molar-refractivity contribution in [3.63, 3.8) is 0 Å². The normalized spacial score (nSPS) is 13.3. The SMILES string of the molecule is CCN1CCCc2cc(CCNC(=O)Nc3ccc(C)cc3)ccc21. The van der Waals surface area contributed by atoms with Gasteiger partial charge in [0, 0.05) is 31.0 Å². The van der Waals surface area contributed by atoms with Gasteiger partial charge in [0.25, 0.3) is 0 Å². The van der Waals surface area contributed by atoms with Crippen molar-refractivity contribution in [2.45, 2.75) is 33.1 Å². The summed E-state index contributed by atoms with van der Waals surface area (Å²) in [6.07, 6.45) is 3.23. The van der Waals surface area contributed by atoms with E-state index in [0.717, 1.165) is 31.6 Å². The van der Waals surface area contributed by atoms with Crippen molar-refractivity contribution in [1.29, 1.82) is 0 Å². The summed E-state index contributed by atoms with van der Waals surface area (Å²) in [5.41, 5.74) is 6.10. The largest absolute Gasteiger partial charge is 0.372 e. The molecule has 2 N–H and O–H groups in total. The van der Waals surface area contributed by atoms with Crippen LogP contribution in [0.4, 0.5) is 16.2 Å². The molecule has 0 spiro atoms. The van der Waals surface area contributed by atoms with Crippen LogP contribution in [0.25, 0.3) is 0 Å². The fourth-order valence-corrected chi connectivity index (χ4v) is 3.34. The summed E-state index contributed by atoms with van der Waals surface area (Å²) in [6, 6.07) is 14.4. The Hall–Kier alpha value is -2.49. The van der Waals surface area contributed by atoms with Crippen molar-refractivity contribution in [2.24, 2.45) is 0 Å². The maximum atomic E-state index is 12.0. The molecule has 2 aromatic rings. The van der Waals surface area contributed by atoms with Crippen LogP contribution in [0.2, 0.25) is 0 Å². The number of urea groups is 1. The molecule has 1 aliphatic heterocycles. The minimum atomic E-state index is -0.154. The van der Waals surface area contributed by atoms with Gasteiger partial charge < -0.3 is 15.5 Å². The summed E-state index contributed by atoms with van der Waals surface area (Å²) in [6.45, 7) is 7.09. The summed E-state index contributed by atoms with van der Waals surface area (Å²) in [5.74, 6) is 0. The molecule has 0 bridgehead atoms. The van der Waals surface area contributed by atoms with E-state index in [1.54, 1.807) is 0 Å². The van der Waals surface area contributed by atoms with Crippen LogP contribution in [-0.4, -0.2) is 25.7 Å². The number of carbonyl (C=O) groups is 1. The molecular weight excluding hydrogens is 310 g/mol. The zero-order valence-corrected chi connectivity index (χ0v) is 15.1. The lowest BCUT2D eigenvalue weighted by atomic mass is 9.98. The predicted molar refractivity (Wildman–Crippen MR) is 105 cm³/mol. The Morgan fingerprint density at radius 3 is 2.72 bits per heavy atom. The number of carbonyl (C=O) groups excluding carboxylic acids is 1. The lowest BCUT2D eigenvalue weighted by Crippen LogP contribution is -2.30. The molecular formula is C21H27N3O. The van der Waals surface area contributed by atoms with Gasteiger partial charge in [0.15, 0.2) is 0 Å². The molecule has 0 fully saturated rings. The minimum Gasteiger partial charge on any atom is -0.372 e. The van der Waals surface area contributed by atoms with Crippen molar-refractivity contribution >= 4 is 17.4 Å². The number of nitrogens with zero attached hydrogens (tertiary/aromatic N) is 1. The molecule has 4 heteroatoms. The number of amides is 2. The number of rotatable bonds is 5. The molecule has 0 saturated heterocycles. The second kappa shape index (κ2) is 8.06. The lowest BCUT2D eigenvalue weighted by Gasteiger charge is -2.30.